The summed E-state index contributed by atoms with van der Waals surface area (Å²) in [6.45, 7) is 2.68. The number of methoxy groups -OCH3 is 1. The summed E-state index contributed by atoms with van der Waals surface area (Å²) in [6.07, 6.45) is 2.78. The van der Waals surface area contributed by atoms with Gasteiger partial charge < -0.3 is 4.74 Å². The van der Waals surface area contributed by atoms with Crippen molar-refractivity contribution in [2.24, 2.45) is 0 Å². The molecule has 0 aromatic carbocycles. The van der Waals surface area contributed by atoms with Crippen molar-refractivity contribution >= 4 is 10.0 Å². The van der Waals surface area contributed by atoms with Crippen LogP contribution in [-0.4, -0.2) is 44.8 Å². The summed E-state index contributed by atoms with van der Waals surface area (Å²) in [6, 6.07) is 0.00921. The van der Waals surface area contributed by atoms with E-state index in [0.717, 1.165) is 6.42 Å². The van der Waals surface area contributed by atoms with Gasteiger partial charge in [0, 0.05) is 19.7 Å². The molecule has 1 aliphatic heterocycles. The minimum Gasteiger partial charge on any atom is -0.383 e. The molecule has 1 radical (unpaired) electrons. The molecule has 1 fully saturated rings. The molecule has 0 aromatic rings. The maximum absolute atomic E-state index is 11.5. The van der Waals surface area contributed by atoms with Crippen molar-refractivity contribution in [1.29, 1.82) is 0 Å². The van der Waals surface area contributed by atoms with Crippen molar-refractivity contribution in [2.45, 2.75) is 19.4 Å². The molecule has 5 heteroatoms. The van der Waals surface area contributed by atoms with Crippen molar-refractivity contribution < 1.29 is 13.2 Å². The first-order chi connectivity index (χ1) is 6.11. The van der Waals surface area contributed by atoms with Crippen LogP contribution in [0.15, 0.2) is 0 Å². The van der Waals surface area contributed by atoms with E-state index in [1.165, 1.54) is 4.31 Å². The van der Waals surface area contributed by atoms with Gasteiger partial charge in [-0.2, -0.15) is 4.31 Å². The maximum atomic E-state index is 11.5. The monoisotopic (exact) mass is 206 g/mol. The van der Waals surface area contributed by atoms with Gasteiger partial charge in [0.2, 0.25) is 10.0 Å². The van der Waals surface area contributed by atoms with Crippen LogP contribution in [0.5, 0.6) is 0 Å². The molecule has 0 aromatic heterocycles. The lowest BCUT2D eigenvalue weighted by atomic mass is 10.2. The second kappa shape index (κ2) is 4.39. The van der Waals surface area contributed by atoms with Gasteiger partial charge in [0.05, 0.1) is 12.4 Å². The van der Waals surface area contributed by atoms with E-state index in [1.807, 2.05) is 6.42 Å². The lowest BCUT2D eigenvalue weighted by Crippen LogP contribution is -2.38. The SMILES string of the molecule is CCS(=O)(=O)N1C[CH]CC1COC. The highest BCUT2D eigenvalue weighted by Gasteiger charge is 2.32. The number of hydrogen-bond donors (Lipinski definition) is 0. The van der Waals surface area contributed by atoms with Gasteiger partial charge in [-0.1, -0.05) is 0 Å². The van der Waals surface area contributed by atoms with Crippen LogP contribution in [-0.2, 0) is 14.8 Å². The Morgan fingerprint density at radius 3 is 2.85 bits per heavy atom. The number of nitrogens with zero attached hydrogens (tertiary/aromatic N) is 1. The van der Waals surface area contributed by atoms with E-state index < -0.39 is 10.0 Å². The molecule has 0 spiro atoms. The van der Waals surface area contributed by atoms with Crippen LogP contribution in [0.4, 0.5) is 0 Å². The minimum absolute atomic E-state index is 0.00921. The Morgan fingerprint density at radius 2 is 2.31 bits per heavy atom. The molecule has 13 heavy (non-hydrogen) atoms. The minimum atomic E-state index is -3.05. The van der Waals surface area contributed by atoms with Gasteiger partial charge in [-0.3, -0.25) is 0 Å². The molecule has 1 saturated heterocycles. The van der Waals surface area contributed by atoms with Crippen LogP contribution in [0.2, 0.25) is 0 Å². The third-order valence-corrected chi connectivity index (χ3v) is 4.13. The number of ether oxygens (including phenoxy) is 1. The summed E-state index contributed by atoms with van der Waals surface area (Å²) in [7, 11) is -1.45. The molecule has 0 aliphatic carbocycles. The molecular formula is C8H16NO3S. The Kier molecular flexibility index (Phi) is 3.70. The first-order valence-corrected chi connectivity index (χ1v) is 6.03. The Hall–Kier alpha value is -0.130. The second-order valence-corrected chi connectivity index (χ2v) is 5.31. The summed E-state index contributed by atoms with van der Waals surface area (Å²) in [5.41, 5.74) is 0. The predicted molar refractivity (Wildman–Crippen MR) is 50.7 cm³/mol. The Labute approximate surface area is 79.9 Å². The summed E-state index contributed by atoms with van der Waals surface area (Å²) in [5, 5.41) is 0. The normalized spacial score (nSPS) is 25.2. The van der Waals surface area contributed by atoms with E-state index in [2.05, 4.69) is 0 Å². The third kappa shape index (κ3) is 2.42. The zero-order chi connectivity index (χ0) is 9.90. The first kappa shape index (κ1) is 10.9. The van der Waals surface area contributed by atoms with E-state index in [1.54, 1.807) is 14.0 Å². The van der Waals surface area contributed by atoms with Gasteiger partial charge in [-0.25, -0.2) is 8.42 Å². The van der Waals surface area contributed by atoms with Gasteiger partial charge in [-0.15, -0.1) is 0 Å². The van der Waals surface area contributed by atoms with Gasteiger partial charge >= 0.3 is 0 Å². The lowest BCUT2D eigenvalue weighted by Gasteiger charge is -2.22. The topological polar surface area (TPSA) is 46.6 Å². The zero-order valence-electron chi connectivity index (χ0n) is 8.06. The van der Waals surface area contributed by atoms with Crippen molar-refractivity contribution in [2.75, 3.05) is 26.0 Å². The second-order valence-electron chi connectivity index (χ2n) is 3.10. The molecular weight excluding hydrogens is 190 g/mol. The molecule has 0 saturated carbocycles. The van der Waals surface area contributed by atoms with Gasteiger partial charge in [-0.05, 0) is 19.8 Å². The molecule has 4 nitrogen and oxygen atoms in total. The van der Waals surface area contributed by atoms with Gasteiger partial charge in [0.15, 0.2) is 0 Å². The maximum Gasteiger partial charge on any atom is 0.214 e. The summed E-state index contributed by atoms with van der Waals surface area (Å²) in [5.74, 6) is 0.168. The van der Waals surface area contributed by atoms with Crippen molar-refractivity contribution in [3.05, 3.63) is 6.42 Å². The van der Waals surface area contributed by atoms with E-state index in [-0.39, 0.29) is 11.8 Å². The van der Waals surface area contributed by atoms with Crippen LogP contribution in [0.3, 0.4) is 0 Å². The lowest BCUT2D eigenvalue weighted by molar-refractivity contribution is 0.149. The fourth-order valence-corrected chi connectivity index (χ4v) is 2.78. The van der Waals surface area contributed by atoms with E-state index in [4.69, 9.17) is 4.74 Å². The summed E-state index contributed by atoms with van der Waals surface area (Å²) < 4.78 is 29.6. The third-order valence-electron chi connectivity index (χ3n) is 2.24. The highest BCUT2D eigenvalue weighted by Crippen LogP contribution is 2.20. The quantitative estimate of drug-likeness (QED) is 0.663. The number of sulfonamides is 1. The highest BCUT2D eigenvalue weighted by molar-refractivity contribution is 7.89. The first-order valence-electron chi connectivity index (χ1n) is 4.42. The smallest absolute Gasteiger partial charge is 0.214 e. The summed E-state index contributed by atoms with van der Waals surface area (Å²) in [4.78, 5) is 0. The number of rotatable bonds is 4. The van der Waals surface area contributed by atoms with Gasteiger partial charge in [0.25, 0.3) is 0 Å². The van der Waals surface area contributed by atoms with E-state index >= 15 is 0 Å². The fraction of sp³-hybridized carbons (Fsp3) is 0.875. The van der Waals surface area contributed by atoms with Crippen LogP contribution < -0.4 is 0 Å². The van der Waals surface area contributed by atoms with Gasteiger partial charge in [0.1, 0.15) is 0 Å². The van der Waals surface area contributed by atoms with E-state index in [0.29, 0.717) is 13.2 Å². The molecule has 1 heterocycles. The van der Waals surface area contributed by atoms with Crippen molar-refractivity contribution in [3.63, 3.8) is 0 Å². The Bertz CT molecular complexity index is 250. The standard InChI is InChI=1S/C8H16NO3S/c1-3-13(10,11)9-6-4-5-8(9)7-12-2/h4,8H,3,5-7H2,1-2H3. The molecule has 1 aliphatic rings. The van der Waals surface area contributed by atoms with Crippen LogP contribution in [0, 0.1) is 6.42 Å². The van der Waals surface area contributed by atoms with Crippen molar-refractivity contribution in [3.8, 4) is 0 Å². The molecule has 0 bridgehead atoms. The fourth-order valence-electron chi connectivity index (χ4n) is 1.51. The summed E-state index contributed by atoms with van der Waals surface area (Å²) >= 11 is 0. The Balaban J connectivity index is 2.68. The molecule has 1 unspecified atom stereocenters. The van der Waals surface area contributed by atoms with Crippen LogP contribution >= 0.6 is 0 Å². The molecule has 0 N–H and O–H groups in total. The average molecular weight is 206 g/mol. The largest absolute Gasteiger partial charge is 0.383 e. The average Bonchev–Trinajstić information content (AvgIpc) is 2.54. The Morgan fingerprint density at radius 1 is 1.62 bits per heavy atom. The molecule has 0 amide bonds. The van der Waals surface area contributed by atoms with Crippen molar-refractivity contribution in [1.82, 2.24) is 4.31 Å². The van der Waals surface area contributed by atoms with Crippen LogP contribution in [0.25, 0.3) is 0 Å². The number of hydrogen-bond acceptors (Lipinski definition) is 3. The predicted octanol–water partition coefficient (Wildman–Crippen LogP) is 0.261. The molecule has 77 valence electrons. The van der Waals surface area contributed by atoms with E-state index in [9.17, 15) is 8.42 Å². The highest BCUT2D eigenvalue weighted by atomic mass is 32.2. The molecule has 1 atom stereocenters. The van der Waals surface area contributed by atoms with Crippen LogP contribution in [0.1, 0.15) is 13.3 Å². The zero-order valence-corrected chi connectivity index (χ0v) is 8.88. The molecule has 1 rings (SSSR count).